The lowest BCUT2D eigenvalue weighted by atomic mass is 9.81. The van der Waals surface area contributed by atoms with Gasteiger partial charge in [-0.1, -0.05) is 45.9 Å². The molecule has 2 rings (SSSR count). The number of aliphatic hydroxyl groups is 1. The van der Waals surface area contributed by atoms with Gasteiger partial charge in [0.1, 0.15) is 5.75 Å². The van der Waals surface area contributed by atoms with E-state index < -0.39 is 12.1 Å². The number of hydrogen-bond acceptors (Lipinski definition) is 7. The van der Waals surface area contributed by atoms with E-state index in [0.717, 1.165) is 29.7 Å². The topological polar surface area (TPSA) is 112 Å². The van der Waals surface area contributed by atoms with Crippen molar-refractivity contribution >= 4 is 5.91 Å². The molecule has 2 aromatic rings. The van der Waals surface area contributed by atoms with Crippen LogP contribution in [0.5, 0.6) is 17.2 Å². The highest BCUT2D eigenvalue weighted by molar-refractivity contribution is 5.78. The van der Waals surface area contributed by atoms with Gasteiger partial charge >= 0.3 is 0 Å². The lowest BCUT2D eigenvalue weighted by molar-refractivity contribution is -0.127. The van der Waals surface area contributed by atoms with Crippen LogP contribution < -0.4 is 25.3 Å². The fourth-order valence-electron chi connectivity index (χ4n) is 4.97. The third kappa shape index (κ3) is 11.5. The van der Waals surface area contributed by atoms with Gasteiger partial charge in [0.2, 0.25) is 5.91 Å². The molecule has 0 aliphatic rings. The van der Waals surface area contributed by atoms with Gasteiger partial charge in [0.15, 0.2) is 11.5 Å². The Hall–Kier alpha value is -2.81. The van der Waals surface area contributed by atoms with E-state index in [4.69, 9.17) is 24.7 Å². The molecule has 4 atom stereocenters. The largest absolute Gasteiger partial charge is 0.497 e. The van der Waals surface area contributed by atoms with Gasteiger partial charge in [-0.05, 0) is 72.4 Å². The summed E-state index contributed by atoms with van der Waals surface area (Å²) in [7, 11) is 4.93. The van der Waals surface area contributed by atoms with Crippen molar-refractivity contribution in [1.82, 2.24) is 5.32 Å². The molecule has 0 saturated carbocycles. The highest BCUT2D eigenvalue weighted by Crippen LogP contribution is 2.32. The minimum absolute atomic E-state index is 0.0599. The molecule has 8 heteroatoms. The van der Waals surface area contributed by atoms with Crippen molar-refractivity contribution in [3.63, 3.8) is 0 Å². The first-order valence-corrected chi connectivity index (χ1v) is 14.7. The van der Waals surface area contributed by atoms with Gasteiger partial charge in [-0.25, -0.2) is 0 Å². The van der Waals surface area contributed by atoms with Crippen LogP contribution in [0, 0.1) is 23.7 Å². The number of amides is 1. The van der Waals surface area contributed by atoms with Crippen LogP contribution in [0.2, 0.25) is 0 Å². The van der Waals surface area contributed by atoms with E-state index in [1.54, 1.807) is 21.3 Å². The van der Waals surface area contributed by atoms with Crippen molar-refractivity contribution in [2.45, 2.75) is 72.1 Å². The number of carbonyl (C=O) groups is 1. The van der Waals surface area contributed by atoms with E-state index in [2.05, 4.69) is 25.2 Å². The second-order valence-corrected chi connectivity index (χ2v) is 11.5. The van der Waals surface area contributed by atoms with Gasteiger partial charge < -0.3 is 35.1 Å². The van der Waals surface area contributed by atoms with Crippen LogP contribution in [0.15, 0.2) is 42.5 Å². The van der Waals surface area contributed by atoms with Crippen LogP contribution in [0.25, 0.3) is 0 Å². The fourth-order valence-corrected chi connectivity index (χ4v) is 4.97. The SMILES string of the molecule is COCCCOc1cc(CC(CC(N)C(O)CC(C(=O)NCc2cccc(OC)c2)C(C)C)C(C)C)ccc1OC. The number of benzene rings is 2. The zero-order valence-electron chi connectivity index (χ0n) is 26.0. The molecule has 0 heterocycles. The fraction of sp³-hybridized carbons (Fsp3) is 0.606. The maximum Gasteiger partial charge on any atom is 0.223 e. The van der Waals surface area contributed by atoms with Gasteiger partial charge in [-0.2, -0.15) is 0 Å². The maximum absolute atomic E-state index is 13.1. The van der Waals surface area contributed by atoms with E-state index in [0.29, 0.717) is 50.0 Å². The van der Waals surface area contributed by atoms with Gasteiger partial charge in [-0.3, -0.25) is 4.79 Å². The number of methoxy groups -OCH3 is 3. The number of ether oxygens (including phenoxy) is 4. The third-order valence-electron chi connectivity index (χ3n) is 7.73. The molecule has 8 nitrogen and oxygen atoms in total. The Kier molecular flexibility index (Phi) is 15.0. The summed E-state index contributed by atoms with van der Waals surface area (Å²) in [5.74, 6) is 2.39. The van der Waals surface area contributed by atoms with E-state index in [1.807, 2.05) is 50.2 Å². The molecule has 0 fully saturated rings. The second-order valence-electron chi connectivity index (χ2n) is 11.5. The number of aliphatic hydroxyl groups excluding tert-OH is 1. The Bertz CT molecular complexity index is 1040. The second kappa shape index (κ2) is 17.9. The molecule has 4 N–H and O–H groups in total. The molecule has 0 aliphatic heterocycles. The number of hydrogen-bond donors (Lipinski definition) is 3. The third-order valence-corrected chi connectivity index (χ3v) is 7.73. The highest BCUT2D eigenvalue weighted by Gasteiger charge is 2.29. The summed E-state index contributed by atoms with van der Waals surface area (Å²) in [6.07, 6.45) is 1.76. The zero-order chi connectivity index (χ0) is 30.4. The Morgan fingerprint density at radius 1 is 0.902 bits per heavy atom. The lowest BCUT2D eigenvalue weighted by Gasteiger charge is -2.30. The number of nitrogens with one attached hydrogen (secondary N) is 1. The molecule has 0 aliphatic carbocycles. The Morgan fingerprint density at radius 3 is 2.29 bits per heavy atom. The van der Waals surface area contributed by atoms with Crippen LogP contribution in [0.4, 0.5) is 0 Å². The molecular formula is C33H52N2O6. The first kappa shape index (κ1) is 34.4. The normalized spacial score (nSPS) is 14.4. The monoisotopic (exact) mass is 572 g/mol. The predicted octanol–water partition coefficient (Wildman–Crippen LogP) is 4.99. The Labute approximate surface area is 246 Å². The highest BCUT2D eigenvalue weighted by atomic mass is 16.5. The zero-order valence-corrected chi connectivity index (χ0v) is 26.0. The van der Waals surface area contributed by atoms with E-state index in [9.17, 15) is 9.90 Å². The average molecular weight is 573 g/mol. The van der Waals surface area contributed by atoms with E-state index >= 15 is 0 Å². The average Bonchev–Trinajstić information content (AvgIpc) is 2.96. The summed E-state index contributed by atoms with van der Waals surface area (Å²) in [6, 6.07) is 13.2. The van der Waals surface area contributed by atoms with Crippen molar-refractivity contribution in [3.05, 3.63) is 53.6 Å². The Balaban J connectivity index is 2.01. The van der Waals surface area contributed by atoms with Gasteiger partial charge in [-0.15, -0.1) is 0 Å². The maximum atomic E-state index is 13.1. The number of nitrogens with two attached hydrogens (primary N) is 1. The molecular weight excluding hydrogens is 520 g/mol. The van der Waals surface area contributed by atoms with Crippen LogP contribution in [0.1, 0.15) is 58.1 Å². The van der Waals surface area contributed by atoms with Crippen molar-refractivity contribution in [2.75, 3.05) is 34.5 Å². The van der Waals surface area contributed by atoms with Crippen molar-refractivity contribution < 1.29 is 28.8 Å². The van der Waals surface area contributed by atoms with Gasteiger partial charge in [0.05, 0.1) is 26.9 Å². The van der Waals surface area contributed by atoms with Crippen LogP contribution in [-0.2, 0) is 22.5 Å². The van der Waals surface area contributed by atoms with Crippen LogP contribution >= 0.6 is 0 Å². The summed E-state index contributed by atoms with van der Waals surface area (Å²) < 4.78 is 21.8. The summed E-state index contributed by atoms with van der Waals surface area (Å²) in [5.41, 5.74) is 8.66. The van der Waals surface area contributed by atoms with E-state index in [-0.39, 0.29) is 23.7 Å². The van der Waals surface area contributed by atoms with Crippen molar-refractivity contribution in [1.29, 1.82) is 0 Å². The minimum Gasteiger partial charge on any atom is -0.497 e. The summed E-state index contributed by atoms with van der Waals surface area (Å²) in [6.45, 7) is 9.95. The molecule has 41 heavy (non-hydrogen) atoms. The number of carbonyl (C=O) groups excluding carboxylic acids is 1. The molecule has 0 bridgehead atoms. The molecule has 2 aromatic carbocycles. The molecule has 1 amide bonds. The Morgan fingerprint density at radius 2 is 1.66 bits per heavy atom. The lowest BCUT2D eigenvalue weighted by Crippen LogP contribution is -2.42. The molecule has 230 valence electrons. The molecule has 4 unspecified atom stereocenters. The molecule has 0 spiro atoms. The first-order valence-electron chi connectivity index (χ1n) is 14.7. The quantitative estimate of drug-likeness (QED) is 0.203. The summed E-state index contributed by atoms with van der Waals surface area (Å²) in [4.78, 5) is 13.1. The smallest absolute Gasteiger partial charge is 0.223 e. The first-order chi connectivity index (χ1) is 19.6. The van der Waals surface area contributed by atoms with Crippen molar-refractivity contribution in [2.24, 2.45) is 29.4 Å². The summed E-state index contributed by atoms with van der Waals surface area (Å²) >= 11 is 0. The van der Waals surface area contributed by atoms with Crippen LogP contribution in [-0.4, -0.2) is 57.7 Å². The van der Waals surface area contributed by atoms with Gasteiger partial charge in [0.25, 0.3) is 0 Å². The molecule has 0 aromatic heterocycles. The predicted molar refractivity (Wildman–Crippen MR) is 163 cm³/mol. The number of rotatable bonds is 19. The van der Waals surface area contributed by atoms with E-state index in [1.165, 1.54) is 0 Å². The molecule has 0 radical (unpaired) electrons. The standard InChI is InChI=1S/C33H52N2O6/c1-22(2)26(16-24-12-13-31(40-7)32(18-24)41-15-9-14-38-5)19-29(34)30(36)20-28(23(3)4)33(37)35-21-25-10-8-11-27(17-25)39-6/h8,10-13,17-18,22-23,26,28-30,36H,9,14-16,19-21,34H2,1-7H3,(H,35,37). The minimum atomic E-state index is -0.790. The summed E-state index contributed by atoms with van der Waals surface area (Å²) in [5, 5.41) is 14.1. The van der Waals surface area contributed by atoms with Gasteiger partial charge in [0, 0.05) is 38.6 Å². The molecule has 0 saturated heterocycles. The van der Waals surface area contributed by atoms with Crippen molar-refractivity contribution in [3.8, 4) is 17.2 Å². The van der Waals surface area contributed by atoms with Crippen LogP contribution in [0.3, 0.4) is 0 Å².